The Labute approximate surface area is 249 Å². The number of amides is 1. The number of carbonyl (C=O) groups is 2. The van der Waals surface area contributed by atoms with E-state index in [0.717, 1.165) is 49.9 Å². The van der Waals surface area contributed by atoms with Crippen LogP contribution in [-0.4, -0.2) is 46.8 Å². The molecule has 5 rings (SSSR count). The number of amidine groups is 1. The van der Waals surface area contributed by atoms with Crippen LogP contribution < -0.4 is 4.72 Å². The second-order valence-electron chi connectivity index (χ2n) is 10.8. The zero-order valence-electron chi connectivity index (χ0n) is 23.5. The number of anilines is 1. The van der Waals surface area contributed by atoms with Crippen molar-refractivity contribution < 1.29 is 27.6 Å². The molecule has 2 heterocycles. The van der Waals surface area contributed by atoms with Gasteiger partial charge in [0.2, 0.25) is 5.82 Å². The van der Waals surface area contributed by atoms with Crippen LogP contribution in [0.3, 0.4) is 0 Å². The highest BCUT2D eigenvalue weighted by molar-refractivity contribution is 7.92. The molecule has 0 atom stereocenters. The number of carboxylic acid groups (broad SMARTS) is 1. The first-order valence-corrected chi connectivity index (χ1v) is 15.9. The van der Waals surface area contributed by atoms with Crippen molar-refractivity contribution in [2.45, 2.75) is 82.2 Å². The van der Waals surface area contributed by atoms with E-state index in [0.29, 0.717) is 23.1 Å². The highest BCUT2D eigenvalue weighted by atomic mass is 35.5. The van der Waals surface area contributed by atoms with Crippen molar-refractivity contribution in [3.05, 3.63) is 64.4 Å². The van der Waals surface area contributed by atoms with Crippen molar-refractivity contribution in [2.24, 2.45) is 4.99 Å². The number of sulfonamides is 1. The van der Waals surface area contributed by atoms with Gasteiger partial charge < -0.3 is 9.63 Å². The Hall–Kier alpha value is -3.70. The molecule has 1 aliphatic carbocycles. The lowest BCUT2D eigenvalue weighted by Gasteiger charge is -2.23. The van der Waals surface area contributed by atoms with Crippen LogP contribution in [0.1, 0.15) is 68.8 Å². The van der Waals surface area contributed by atoms with E-state index in [1.54, 1.807) is 48.2 Å². The van der Waals surface area contributed by atoms with Gasteiger partial charge in [0.05, 0.1) is 17.9 Å². The summed E-state index contributed by atoms with van der Waals surface area (Å²) in [4.78, 5) is 32.1. The molecule has 0 bridgehead atoms. The fraction of sp³-hybridized carbons (Fsp3) is 0.400. The molecular formula is C30H33ClN4O6S. The summed E-state index contributed by atoms with van der Waals surface area (Å²) in [5.41, 5.74) is 1.26. The Kier molecular flexibility index (Phi) is 8.43. The van der Waals surface area contributed by atoms with Crippen LogP contribution in [0.4, 0.5) is 5.82 Å². The SMILES string of the molecule is CCCCC1=NC2(CCCC2)C(=O)N1Cc1ccc(-c2ccccc2S(=O)(=O)Nc2noc(C)c2Cl)c(CC(=O)O)c1. The van der Waals surface area contributed by atoms with Crippen LogP contribution in [0.5, 0.6) is 0 Å². The second kappa shape index (κ2) is 11.9. The lowest BCUT2D eigenvalue weighted by Crippen LogP contribution is -2.40. The van der Waals surface area contributed by atoms with Crippen LogP contribution in [0.25, 0.3) is 11.1 Å². The molecule has 0 radical (unpaired) electrons. The molecule has 0 saturated heterocycles. The van der Waals surface area contributed by atoms with Crippen molar-refractivity contribution in [2.75, 3.05) is 4.72 Å². The van der Waals surface area contributed by atoms with Gasteiger partial charge in [-0.15, -0.1) is 0 Å². The third-order valence-electron chi connectivity index (χ3n) is 7.82. The van der Waals surface area contributed by atoms with Crippen molar-refractivity contribution in [3.63, 3.8) is 0 Å². The van der Waals surface area contributed by atoms with Crippen LogP contribution in [0.2, 0.25) is 5.02 Å². The maximum Gasteiger partial charge on any atom is 0.307 e. The van der Waals surface area contributed by atoms with E-state index in [2.05, 4.69) is 16.8 Å². The zero-order chi connectivity index (χ0) is 30.1. The smallest absolute Gasteiger partial charge is 0.307 e. The Morgan fingerprint density at radius 3 is 2.57 bits per heavy atom. The molecule has 3 aromatic rings. The van der Waals surface area contributed by atoms with E-state index in [-0.39, 0.29) is 40.4 Å². The molecule has 1 spiro atoms. The lowest BCUT2D eigenvalue weighted by molar-refractivity contribution is -0.136. The highest BCUT2D eigenvalue weighted by Crippen LogP contribution is 2.40. The molecule has 0 unspecified atom stereocenters. The first-order valence-electron chi connectivity index (χ1n) is 14.0. The molecule has 42 heavy (non-hydrogen) atoms. The van der Waals surface area contributed by atoms with Gasteiger partial charge in [-0.1, -0.05) is 79.3 Å². The molecule has 222 valence electrons. The van der Waals surface area contributed by atoms with E-state index in [1.165, 1.54) is 6.07 Å². The average molecular weight is 613 g/mol. The fourth-order valence-corrected chi connectivity index (χ4v) is 7.13. The minimum Gasteiger partial charge on any atom is -0.481 e. The Bertz CT molecular complexity index is 1660. The summed E-state index contributed by atoms with van der Waals surface area (Å²) >= 11 is 6.13. The second-order valence-corrected chi connectivity index (χ2v) is 12.9. The number of aromatic nitrogens is 1. The van der Waals surface area contributed by atoms with E-state index in [9.17, 15) is 23.1 Å². The van der Waals surface area contributed by atoms with Gasteiger partial charge in [-0.25, -0.2) is 8.42 Å². The van der Waals surface area contributed by atoms with Gasteiger partial charge in [-0.3, -0.25) is 24.2 Å². The molecule has 10 nitrogen and oxygen atoms in total. The number of unbranched alkanes of at least 4 members (excludes halogenated alkanes) is 1. The minimum absolute atomic E-state index is 0.0132. The number of rotatable bonds is 11. The summed E-state index contributed by atoms with van der Waals surface area (Å²) < 4.78 is 34.2. The molecule has 2 N–H and O–H groups in total. The number of aryl methyl sites for hydroxylation is 1. The number of halogens is 1. The van der Waals surface area contributed by atoms with Gasteiger partial charge in [0.25, 0.3) is 15.9 Å². The number of nitrogens with one attached hydrogen (secondary N) is 1. The minimum atomic E-state index is -4.18. The number of hydrogen-bond acceptors (Lipinski definition) is 7. The Balaban J connectivity index is 1.50. The number of carbonyl (C=O) groups excluding carboxylic acids is 1. The normalized spacial score (nSPS) is 16.3. The fourth-order valence-electron chi connectivity index (χ4n) is 5.73. The largest absolute Gasteiger partial charge is 0.481 e. The summed E-state index contributed by atoms with van der Waals surface area (Å²) in [6.45, 7) is 3.92. The van der Waals surface area contributed by atoms with Gasteiger partial charge in [0.15, 0.2) is 5.76 Å². The molecule has 1 fully saturated rings. The van der Waals surface area contributed by atoms with Crippen LogP contribution in [0, 0.1) is 6.92 Å². The molecule has 2 aromatic carbocycles. The average Bonchev–Trinajstić information content (AvgIpc) is 3.63. The zero-order valence-corrected chi connectivity index (χ0v) is 25.1. The number of benzene rings is 2. The number of nitrogens with zero attached hydrogens (tertiary/aromatic N) is 3. The van der Waals surface area contributed by atoms with Crippen molar-refractivity contribution in [1.82, 2.24) is 10.1 Å². The summed E-state index contributed by atoms with van der Waals surface area (Å²) in [6, 6.07) is 11.6. The number of aliphatic imine (C=N–C) groups is 1. The predicted octanol–water partition coefficient (Wildman–Crippen LogP) is 5.98. The van der Waals surface area contributed by atoms with Crippen LogP contribution >= 0.6 is 11.6 Å². The topological polar surface area (TPSA) is 142 Å². The first kappa shape index (κ1) is 29.8. The van der Waals surface area contributed by atoms with Gasteiger partial charge >= 0.3 is 5.97 Å². The number of carboxylic acids is 1. The molecule has 12 heteroatoms. The van der Waals surface area contributed by atoms with Gasteiger partial charge in [0.1, 0.15) is 16.4 Å². The predicted molar refractivity (Wildman–Crippen MR) is 159 cm³/mol. The van der Waals surface area contributed by atoms with Crippen LogP contribution in [0.15, 0.2) is 56.9 Å². The molecule has 2 aliphatic rings. The molecule has 1 aromatic heterocycles. The molecular weight excluding hydrogens is 580 g/mol. The van der Waals surface area contributed by atoms with Gasteiger partial charge in [-0.2, -0.15) is 0 Å². The molecule has 1 aliphatic heterocycles. The van der Waals surface area contributed by atoms with E-state index in [1.807, 2.05) is 0 Å². The van der Waals surface area contributed by atoms with Crippen molar-refractivity contribution in [3.8, 4) is 11.1 Å². The van der Waals surface area contributed by atoms with E-state index < -0.39 is 21.5 Å². The third-order valence-corrected chi connectivity index (χ3v) is 9.67. The van der Waals surface area contributed by atoms with E-state index >= 15 is 0 Å². The van der Waals surface area contributed by atoms with Crippen molar-refractivity contribution in [1.29, 1.82) is 0 Å². The third kappa shape index (κ3) is 5.80. The maximum atomic E-state index is 13.6. The highest BCUT2D eigenvalue weighted by Gasteiger charge is 2.49. The number of aliphatic carboxylic acids is 1. The van der Waals surface area contributed by atoms with E-state index in [4.69, 9.17) is 21.1 Å². The van der Waals surface area contributed by atoms with Gasteiger partial charge in [0, 0.05) is 12.0 Å². The Morgan fingerprint density at radius 2 is 1.90 bits per heavy atom. The van der Waals surface area contributed by atoms with Crippen LogP contribution in [-0.2, 0) is 32.6 Å². The molecule has 1 saturated carbocycles. The summed E-state index contributed by atoms with van der Waals surface area (Å²) in [7, 11) is -4.18. The maximum absolute atomic E-state index is 13.6. The Morgan fingerprint density at radius 1 is 1.17 bits per heavy atom. The van der Waals surface area contributed by atoms with Crippen molar-refractivity contribution >= 4 is 45.2 Å². The first-order chi connectivity index (χ1) is 20.0. The standard InChI is InChI=1S/C30H33ClN4O6S/c1-3-4-11-25-32-30(14-7-8-15-30)29(38)35(25)18-20-12-13-22(21(16-20)17-26(36)37)23-9-5-6-10-24(23)42(39,40)34-28-27(31)19(2)41-33-28/h5-6,9-10,12-13,16H,3-4,7-8,11,14-15,17-18H2,1-2H3,(H,33,34)(H,36,37). The summed E-state index contributed by atoms with van der Waals surface area (Å²) in [5.74, 6) is -0.138. The van der Waals surface area contributed by atoms with Gasteiger partial charge in [-0.05, 0) is 48.9 Å². The summed E-state index contributed by atoms with van der Waals surface area (Å²) in [5, 5.41) is 13.5. The molecule has 1 amide bonds. The quantitative estimate of drug-likeness (QED) is 0.271. The number of hydrogen-bond donors (Lipinski definition) is 2. The summed E-state index contributed by atoms with van der Waals surface area (Å²) in [6.07, 6.45) is 5.71. The lowest BCUT2D eigenvalue weighted by atomic mass is 9.94. The monoisotopic (exact) mass is 612 g/mol.